The van der Waals surface area contributed by atoms with Crippen molar-refractivity contribution in [2.24, 2.45) is 15.7 Å². The van der Waals surface area contributed by atoms with E-state index in [0.717, 1.165) is 11.1 Å². The Kier molecular flexibility index (Phi) is 6.32. The number of hydrogen-bond donors (Lipinski definition) is 3. The van der Waals surface area contributed by atoms with E-state index in [1.54, 1.807) is 12.1 Å². The molecule has 1 aliphatic rings. The Bertz CT molecular complexity index is 1280. The van der Waals surface area contributed by atoms with E-state index in [4.69, 9.17) is 32.2 Å². The number of methoxy groups -OCH3 is 1. The molecule has 1 aliphatic heterocycles. The van der Waals surface area contributed by atoms with Gasteiger partial charge >= 0.3 is 0 Å². The average molecular weight is 463 g/mol. The Morgan fingerprint density at radius 1 is 1.12 bits per heavy atom. The molecule has 1 amide bonds. The van der Waals surface area contributed by atoms with E-state index in [1.807, 2.05) is 48.5 Å². The lowest BCUT2D eigenvalue weighted by Gasteiger charge is -2.10. The van der Waals surface area contributed by atoms with Crippen molar-refractivity contribution >= 4 is 40.8 Å². The molecule has 1 aromatic heterocycles. The first kappa shape index (κ1) is 22.0. The second-order valence-electron chi connectivity index (χ2n) is 6.84. The largest absolute Gasteiger partial charge is 0.494 e. The number of pyridine rings is 1. The monoisotopic (exact) mass is 462 g/mol. The quantitative estimate of drug-likeness (QED) is 0.311. The molecule has 4 N–H and O–H groups in total. The van der Waals surface area contributed by atoms with Crippen molar-refractivity contribution in [2.75, 3.05) is 12.4 Å². The van der Waals surface area contributed by atoms with Crippen molar-refractivity contribution in [1.82, 2.24) is 4.98 Å². The molecule has 4 rings (SSSR count). The maximum atomic E-state index is 12.8. The summed E-state index contributed by atoms with van der Waals surface area (Å²) in [5, 5.41) is 11.0. The lowest BCUT2D eigenvalue weighted by Crippen LogP contribution is -2.29. The zero-order chi connectivity index (χ0) is 23.4. The van der Waals surface area contributed by atoms with E-state index in [1.165, 1.54) is 13.2 Å². The van der Waals surface area contributed by atoms with Gasteiger partial charge in [-0.2, -0.15) is 4.99 Å². The van der Waals surface area contributed by atoms with Crippen molar-refractivity contribution in [1.29, 1.82) is 5.41 Å². The van der Waals surface area contributed by atoms with Crippen molar-refractivity contribution in [3.8, 4) is 5.75 Å². The molecule has 0 saturated carbocycles. The van der Waals surface area contributed by atoms with Crippen LogP contribution in [0.25, 0.3) is 0 Å². The second kappa shape index (κ2) is 9.49. The van der Waals surface area contributed by atoms with Gasteiger partial charge in [0.1, 0.15) is 5.69 Å². The molecule has 0 saturated heterocycles. The Morgan fingerprint density at radius 3 is 2.58 bits per heavy atom. The number of nitrogens with zero attached hydrogens (tertiary/aromatic N) is 3. The summed E-state index contributed by atoms with van der Waals surface area (Å²) in [7, 11) is 1.45. The summed E-state index contributed by atoms with van der Waals surface area (Å²) >= 11 is 6.00. The van der Waals surface area contributed by atoms with Gasteiger partial charge < -0.3 is 20.5 Å². The van der Waals surface area contributed by atoms with E-state index in [9.17, 15) is 4.79 Å². The fourth-order valence-electron chi connectivity index (χ4n) is 3.16. The molecular weight excluding hydrogens is 444 g/mol. The molecule has 2 heterocycles. The van der Waals surface area contributed by atoms with Crippen molar-refractivity contribution in [3.63, 3.8) is 0 Å². The lowest BCUT2D eigenvalue weighted by molar-refractivity contribution is -0.117. The lowest BCUT2D eigenvalue weighted by atomic mass is 10.0. The zero-order valence-electron chi connectivity index (χ0n) is 17.4. The number of amides is 1. The fraction of sp³-hybridized carbons (Fsp3) is 0.0870. The number of aliphatic imine (C=N–C) groups is 2. The maximum Gasteiger partial charge on any atom is 0.291 e. The summed E-state index contributed by atoms with van der Waals surface area (Å²) in [6.45, 7) is 0. The number of anilines is 1. The Balaban J connectivity index is 1.64. The first-order valence-electron chi connectivity index (χ1n) is 9.80. The van der Waals surface area contributed by atoms with Crippen LogP contribution in [0.2, 0.25) is 5.15 Å². The average Bonchev–Trinajstić information content (AvgIpc) is 2.95. The number of hydrogen-bond acceptors (Lipinski definition) is 7. The predicted octanol–water partition coefficient (Wildman–Crippen LogP) is 3.22. The second-order valence-corrected chi connectivity index (χ2v) is 7.20. The van der Waals surface area contributed by atoms with Crippen LogP contribution in [-0.2, 0) is 9.53 Å². The zero-order valence-corrected chi connectivity index (χ0v) is 18.2. The topological polar surface area (TPSA) is 135 Å². The molecule has 0 aliphatic carbocycles. The number of ether oxygens (including phenoxy) is 2. The molecule has 1 atom stereocenters. The highest BCUT2D eigenvalue weighted by molar-refractivity contribution is 6.31. The van der Waals surface area contributed by atoms with Gasteiger partial charge in [-0.15, -0.1) is 0 Å². The SMILES string of the molecule is COc1ccc(C(=N)O/C(N)=N/C2N=C(c3ccccc3)c3ccccc3NC2=O)nc1Cl. The van der Waals surface area contributed by atoms with Crippen LogP contribution in [0.3, 0.4) is 0 Å². The fourth-order valence-corrected chi connectivity index (χ4v) is 3.40. The molecule has 0 fully saturated rings. The minimum Gasteiger partial charge on any atom is -0.494 e. The van der Waals surface area contributed by atoms with Gasteiger partial charge in [0, 0.05) is 11.1 Å². The summed E-state index contributed by atoms with van der Waals surface area (Å²) < 4.78 is 10.3. The molecule has 0 spiro atoms. The number of aromatic nitrogens is 1. The molecule has 2 aromatic carbocycles. The molecule has 10 heteroatoms. The van der Waals surface area contributed by atoms with Crippen molar-refractivity contribution < 1.29 is 14.3 Å². The summed E-state index contributed by atoms with van der Waals surface area (Å²) in [6.07, 6.45) is -1.23. The van der Waals surface area contributed by atoms with Gasteiger partial charge in [0.25, 0.3) is 11.9 Å². The standard InChI is InChI=1S/C23H19ClN6O3/c1-32-17-12-11-16(27-19(17)24)20(25)33-23(26)30-21-22(31)28-15-10-6-5-9-14(15)18(29-21)13-7-3-2-4-8-13/h2-12,21,25H,1H3,(H2,26,30)(H,28,31). The number of benzodiazepines with no additional fused rings is 1. The van der Waals surface area contributed by atoms with Crippen molar-refractivity contribution in [2.45, 2.75) is 6.17 Å². The van der Waals surface area contributed by atoms with Crippen LogP contribution in [0.5, 0.6) is 5.75 Å². The van der Waals surface area contributed by atoms with E-state index in [-0.39, 0.29) is 10.8 Å². The highest BCUT2D eigenvalue weighted by Crippen LogP contribution is 2.25. The van der Waals surface area contributed by atoms with Gasteiger partial charge in [-0.05, 0) is 18.2 Å². The number of para-hydroxylation sites is 1. The Hall–Kier alpha value is -4.24. The van der Waals surface area contributed by atoms with Gasteiger partial charge in [0.15, 0.2) is 10.9 Å². The number of halogens is 1. The van der Waals surface area contributed by atoms with Crippen LogP contribution in [-0.4, -0.2) is 41.8 Å². The van der Waals surface area contributed by atoms with Crippen LogP contribution in [0.1, 0.15) is 16.8 Å². The Labute approximate surface area is 194 Å². The molecule has 0 bridgehead atoms. The van der Waals surface area contributed by atoms with E-state index >= 15 is 0 Å². The van der Waals surface area contributed by atoms with E-state index in [0.29, 0.717) is 17.1 Å². The van der Waals surface area contributed by atoms with E-state index in [2.05, 4.69) is 20.3 Å². The van der Waals surface area contributed by atoms with Crippen LogP contribution < -0.4 is 15.8 Å². The summed E-state index contributed by atoms with van der Waals surface area (Å²) in [4.78, 5) is 25.5. The summed E-state index contributed by atoms with van der Waals surface area (Å²) in [5.74, 6) is -0.533. The number of benzene rings is 2. The van der Waals surface area contributed by atoms with Gasteiger partial charge in [0.05, 0.1) is 18.5 Å². The number of rotatable bonds is 4. The first-order valence-corrected chi connectivity index (χ1v) is 10.2. The minimum absolute atomic E-state index is 0.0665. The molecular formula is C23H19ClN6O3. The summed E-state index contributed by atoms with van der Waals surface area (Å²) in [6, 6.07) is 19.4. The van der Waals surface area contributed by atoms with Gasteiger partial charge in [-0.1, -0.05) is 60.1 Å². The third kappa shape index (κ3) is 4.83. The van der Waals surface area contributed by atoms with Crippen LogP contribution in [0.15, 0.2) is 76.7 Å². The van der Waals surface area contributed by atoms with Crippen LogP contribution in [0.4, 0.5) is 5.69 Å². The number of carbonyl (C=O) groups is 1. The number of nitrogens with two attached hydrogens (primary N) is 1. The predicted molar refractivity (Wildman–Crippen MR) is 126 cm³/mol. The van der Waals surface area contributed by atoms with Crippen molar-refractivity contribution in [3.05, 3.63) is 88.7 Å². The first-order chi connectivity index (χ1) is 16.0. The molecule has 33 heavy (non-hydrogen) atoms. The highest BCUT2D eigenvalue weighted by Gasteiger charge is 2.26. The number of carbonyl (C=O) groups excluding carboxylic acids is 1. The number of amidine groups is 1. The maximum absolute atomic E-state index is 12.8. The number of nitrogens with one attached hydrogen (secondary N) is 2. The minimum atomic E-state index is -1.23. The molecule has 166 valence electrons. The molecule has 1 unspecified atom stereocenters. The van der Waals surface area contributed by atoms with Gasteiger partial charge in [-0.3, -0.25) is 10.2 Å². The summed E-state index contributed by atoms with van der Waals surface area (Å²) in [5.41, 5.74) is 8.75. The van der Waals surface area contributed by atoms with Gasteiger partial charge in [0.2, 0.25) is 12.1 Å². The molecule has 9 nitrogen and oxygen atoms in total. The Morgan fingerprint density at radius 2 is 1.85 bits per heavy atom. The van der Waals surface area contributed by atoms with Crippen LogP contribution in [0, 0.1) is 5.41 Å². The molecule has 0 radical (unpaired) electrons. The van der Waals surface area contributed by atoms with Gasteiger partial charge in [-0.25, -0.2) is 9.98 Å². The molecule has 3 aromatic rings. The highest BCUT2D eigenvalue weighted by atomic mass is 35.5. The van der Waals surface area contributed by atoms with Crippen LogP contribution >= 0.6 is 11.6 Å². The smallest absolute Gasteiger partial charge is 0.291 e. The normalized spacial score (nSPS) is 15.6. The third-order valence-electron chi connectivity index (χ3n) is 4.70. The van der Waals surface area contributed by atoms with E-state index < -0.39 is 24.0 Å². The number of fused-ring (bicyclic) bond motifs is 1. The third-order valence-corrected chi connectivity index (χ3v) is 4.97.